The van der Waals surface area contributed by atoms with E-state index in [1.54, 1.807) is 0 Å². The molecule has 2 aromatic rings. The smallest absolute Gasteiger partial charge is 0.211 e. The first-order valence-electron chi connectivity index (χ1n) is 5.96. The zero-order valence-corrected chi connectivity index (χ0v) is 10.4. The minimum Gasteiger partial charge on any atom is -0.488 e. The SMILES string of the molecule is CCOc1c[n+](Cc2ccccc2)ccc1C. The van der Waals surface area contributed by atoms with Gasteiger partial charge in [0.15, 0.2) is 18.5 Å². The largest absolute Gasteiger partial charge is 0.488 e. The molecule has 0 aliphatic rings. The summed E-state index contributed by atoms with van der Waals surface area (Å²) in [6.07, 6.45) is 4.15. The molecule has 2 nitrogen and oxygen atoms in total. The van der Waals surface area contributed by atoms with Crippen LogP contribution in [0.4, 0.5) is 0 Å². The molecule has 1 aromatic carbocycles. The summed E-state index contributed by atoms with van der Waals surface area (Å²) < 4.78 is 7.74. The summed E-state index contributed by atoms with van der Waals surface area (Å²) in [6.45, 7) is 5.66. The van der Waals surface area contributed by atoms with Gasteiger partial charge >= 0.3 is 0 Å². The molecule has 17 heavy (non-hydrogen) atoms. The van der Waals surface area contributed by atoms with Crippen molar-refractivity contribution in [2.45, 2.75) is 20.4 Å². The predicted octanol–water partition coefficient (Wildman–Crippen LogP) is 2.73. The molecule has 0 N–H and O–H groups in total. The Morgan fingerprint density at radius 3 is 2.59 bits per heavy atom. The molecular weight excluding hydrogens is 210 g/mol. The van der Waals surface area contributed by atoms with E-state index < -0.39 is 0 Å². The topological polar surface area (TPSA) is 13.1 Å². The first kappa shape index (κ1) is 11.6. The molecule has 0 unspecified atom stereocenters. The van der Waals surface area contributed by atoms with Gasteiger partial charge in [0.1, 0.15) is 0 Å². The molecule has 2 rings (SSSR count). The van der Waals surface area contributed by atoms with Crippen LogP contribution in [-0.2, 0) is 6.54 Å². The van der Waals surface area contributed by atoms with Gasteiger partial charge in [0, 0.05) is 17.2 Å². The predicted molar refractivity (Wildman–Crippen MR) is 68.1 cm³/mol. The summed E-state index contributed by atoms with van der Waals surface area (Å²) in [4.78, 5) is 0. The number of nitrogens with zero attached hydrogens (tertiary/aromatic N) is 1. The van der Waals surface area contributed by atoms with Gasteiger partial charge in [-0.15, -0.1) is 0 Å². The number of ether oxygens (including phenoxy) is 1. The second-order valence-electron chi connectivity index (χ2n) is 4.08. The molecule has 0 amide bonds. The van der Waals surface area contributed by atoms with Crippen molar-refractivity contribution in [2.75, 3.05) is 6.61 Å². The average molecular weight is 228 g/mol. The summed E-state index contributed by atoms with van der Waals surface area (Å²) >= 11 is 0. The van der Waals surface area contributed by atoms with Gasteiger partial charge in [0.05, 0.1) is 6.61 Å². The van der Waals surface area contributed by atoms with Crippen molar-refractivity contribution in [2.24, 2.45) is 0 Å². The number of pyridine rings is 1. The van der Waals surface area contributed by atoms with Crippen LogP contribution in [-0.4, -0.2) is 6.61 Å². The van der Waals surface area contributed by atoms with E-state index in [2.05, 4.69) is 54.2 Å². The highest BCUT2D eigenvalue weighted by atomic mass is 16.5. The van der Waals surface area contributed by atoms with Crippen molar-refractivity contribution < 1.29 is 9.30 Å². The van der Waals surface area contributed by atoms with E-state index in [0.29, 0.717) is 6.61 Å². The summed E-state index contributed by atoms with van der Waals surface area (Å²) in [5.41, 5.74) is 2.47. The van der Waals surface area contributed by atoms with Crippen LogP contribution in [0, 0.1) is 6.92 Å². The third-order valence-electron chi connectivity index (χ3n) is 2.70. The lowest BCUT2D eigenvalue weighted by Crippen LogP contribution is -2.33. The summed E-state index contributed by atoms with van der Waals surface area (Å²) in [6, 6.07) is 12.5. The van der Waals surface area contributed by atoms with Crippen molar-refractivity contribution in [1.29, 1.82) is 0 Å². The van der Waals surface area contributed by atoms with Crippen molar-refractivity contribution in [1.82, 2.24) is 0 Å². The van der Waals surface area contributed by atoms with E-state index in [4.69, 9.17) is 4.74 Å². The van der Waals surface area contributed by atoms with Crippen molar-refractivity contribution >= 4 is 0 Å². The van der Waals surface area contributed by atoms with E-state index in [1.165, 1.54) is 11.1 Å². The number of aromatic nitrogens is 1. The minimum atomic E-state index is 0.705. The molecule has 0 bridgehead atoms. The summed E-state index contributed by atoms with van der Waals surface area (Å²) in [5, 5.41) is 0. The summed E-state index contributed by atoms with van der Waals surface area (Å²) in [7, 11) is 0. The summed E-state index contributed by atoms with van der Waals surface area (Å²) in [5.74, 6) is 0.964. The van der Waals surface area contributed by atoms with Crippen LogP contribution >= 0.6 is 0 Å². The Hall–Kier alpha value is -1.83. The second-order valence-corrected chi connectivity index (χ2v) is 4.08. The monoisotopic (exact) mass is 228 g/mol. The van der Waals surface area contributed by atoms with Gasteiger partial charge in [-0.25, -0.2) is 0 Å². The van der Waals surface area contributed by atoms with Crippen LogP contribution in [0.3, 0.4) is 0 Å². The second kappa shape index (κ2) is 5.48. The molecule has 0 atom stereocenters. The van der Waals surface area contributed by atoms with Gasteiger partial charge in [0.25, 0.3) is 0 Å². The third-order valence-corrected chi connectivity index (χ3v) is 2.70. The maximum Gasteiger partial charge on any atom is 0.211 e. The van der Waals surface area contributed by atoms with Crippen molar-refractivity contribution in [3.63, 3.8) is 0 Å². The first-order chi connectivity index (χ1) is 8.29. The van der Waals surface area contributed by atoms with Crippen molar-refractivity contribution in [3.05, 3.63) is 59.9 Å². The molecule has 0 saturated carbocycles. The number of aryl methyl sites for hydroxylation is 1. The quantitative estimate of drug-likeness (QED) is 0.733. The Kier molecular flexibility index (Phi) is 3.76. The molecule has 0 saturated heterocycles. The Labute approximate surface area is 102 Å². The molecule has 0 radical (unpaired) electrons. The zero-order chi connectivity index (χ0) is 12.1. The standard InChI is InChI=1S/C15H18NO/c1-3-17-15-12-16(10-9-13(15)2)11-14-7-5-4-6-8-14/h4-10,12H,3,11H2,1-2H3/q+1. The van der Waals surface area contributed by atoms with Gasteiger partial charge in [-0.1, -0.05) is 30.3 Å². The molecule has 0 spiro atoms. The molecule has 0 aliphatic carbocycles. The third kappa shape index (κ3) is 3.06. The molecule has 2 heteroatoms. The highest BCUT2D eigenvalue weighted by Crippen LogP contribution is 2.13. The maximum absolute atomic E-state index is 5.59. The van der Waals surface area contributed by atoms with Gasteiger partial charge in [-0.3, -0.25) is 0 Å². The van der Waals surface area contributed by atoms with Gasteiger partial charge in [-0.2, -0.15) is 4.57 Å². The maximum atomic E-state index is 5.59. The minimum absolute atomic E-state index is 0.705. The lowest BCUT2D eigenvalue weighted by atomic mass is 10.2. The van der Waals surface area contributed by atoms with Crippen LogP contribution in [0.15, 0.2) is 48.8 Å². The zero-order valence-electron chi connectivity index (χ0n) is 10.4. The van der Waals surface area contributed by atoms with E-state index in [9.17, 15) is 0 Å². The van der Waals surface area contributed by atoms with Crippen LogP contribution in [0.5, 0.6) is 5.75 Å². The van der Waals surface area contributed by atoms with Crippen LogP contribution in [0.25, 0.3) is 0 Å². The van der Waals surface area contributed by atoms with Gasteiger partial charge < -0.3 is 4.74 Å². The molecule has 1 heterocycles. The van der Waals surface area contributed by atoms with Gasteiger partial charge in [0.2, 0.25) is 6.20 Å². The van der Waals surface area contributed by atoms with Crippen LogP contribution in [0.1, 0.15) is 18.1 Å². The molecule has 0 aliphatic heterocycles. The highest BCUT2D eigenvalue weighted by Gasteiger charge is 2.07. The van der Waals surface area contributed by atoms with E-state index >= 15 is 0 Å². The first-order valence-corrected chi connectivity index (χ1v) is 5.96. The van der Waals surface area contributed by atoms with Gasteiger partial charge in [-0.05, 0) is 13.8 Å². The average Bonchev–Trinajstić information content (AvgIpc) is 2.35. The number of benzene rings is 1. The Morgan fingerprint density at radius 1 is 1.12 bits per heavy atom. The molecular formula is C15H18NO+. The lowest BCUT2D eigenvalue weighted by Gasteiger charge is -2.05. The van der Waals surface area contributed by atoms with E-state index in [-0.39, 0.29) is 0 Å². The Bertz CT molecular complexity index is 480. The number of hydrogen-bond donors (Lipinski definition) is 0. The molecule has 0 fully saturated rings. The Balaban J connectivity index is 2.19. The van der Waals surface area contributed by atoms with Crippen LogP contribution in [0.2, 0.25) is 0 Å². The van der Waals surface area contributed by atoms with Crippen LogP contribution < -0.4 is 9.30 Å². The highest BCUT2D eigenvalue weighted by molar-refractivity contribution is 5.26. The lowest BCUT2D eigenvalue weighted by molar-refractivity contribution is -0.688. The van der Waals surface area contributed by atoms with Crippen molar-refractivity contribution in [3.8, 4) is 5.75 Å². The molecule has 88 valence electrons. The normalized spacial score (nSPS) is 10.2. The number of rotatable bonds is 4. The fourth-order valence-electron chi connectivity index (χ4n) is 1.78. The van der Waals surface area contributed by atoms with E-state index in [1.807, 2.05) is 13.0 Å². The molecule has 1 aromatic heterocycles. The fraction of sp³-hybridized carbons (Fsp3) is 0.267. The van der Waals surface area contributed by atoms with E-state index in [0.717, 1.165) is 12.3 Å². The number of hydrogen-bond acceptors (Lipinski definition) is 1. The fourth-order valence-corrected chi connectivity index (χ4v) is 1.78. The Morgan fingerprint density at radius 2 is 1.88 bits per heavy atom.